The number of rotatable bonds is 2. The third-order valence-electron chi connectivity index (χ3n) is 3.33. The molecule has 1 aromatic carbocycles. The zero-order chi connectivity index (χ0) is 14.4. The summed E-state index contributed by atoms with van der Waals surface area (Å²) in [6, 6.07) is 9.33. The minimum atomic E-state index is 0.240. The second kappa shape index (κ2) is 4.49. The molecule has 0 bridgehead atoms. The van der Waals surface area contributed by atoms with Crippen LogP contribution in [0.5, 0.6) is 17.4 Å². The molecule has 0 atom stereocenters. The van der Waals surface area contributed by atoms with Gasteiger partial charge in [-0.3, -0.25) is 4.57 Å². The van der Waals surface area contributed by atoms with Gasteiger partial charge < -0.3 is 19.2 Å². The van der Waals surface area contributed by atoms with Crippen molar-refractivity contribution in [3.63, 3.8) is 0 Å². The van der Waals surface area contributed by atoms with Crippen LogP contribution in [-0.4, -0.2) is 28.4 Å². The van der Waals surface area contributed by atoms with Crippen LogP contribution in [0.2, 0.25) is 0 Å². The summed E-state index contributed by atoms with van der Waals surface area (Å²) in [5.74, 6) is 1.97. The molecule has 1 N–H and O–H groups in total. The minimum Gasteiger partial charge on any atom is -0.481 e. The zero-order valence-electron chi connectivity index (χ0n) is 11.1. The van der Waals surface area contributed by atoms with Crippen molar-refractivity contribution in [2.75, 3.05) is 13.9 Å². The van der Waals surface area contributed by atoms with Gasteiger partial charge in [0.1, 0.15) is 0 Å². The molecule has 3 aromatic rings. The van der Waals surface area contributed by atoms with Crippen LogP contribution in [0.4, 0.5) is 0 Å². The van der Waals surface area contributed by atoms with Crippen LogP contribution < -0.4 is 14.2 Å². The number of fused-ring (bicyclic) bond motifs is 2. The molecule has 1 aliphatic rings. The maximum absolute atomic E-state index is 5.41. The van der Waals surface area contributed by atoms with E-state index in [2.05, 4.69) is 9.97 Å². The Morgan fingerprint density at radius 3 is 2.95 bits per heavy atom. The Balaban J connectivity index is 1.97. The monoisotopic (exact) mass is 301 g/mol. The highest BCUT2D eigenvalue weighted by Gasteiger charge is 2.16. The number of hydrogen-bond donors (Lipinski definition) is 1. The number of nitrogens with one attached hydrogen (secondary N) is 1. The first-order valence-corrected chi connectivity index (χ1v) is 6.73. The summed E-state index contributed by atoms with van der Waals surface area (Å²) in [6.07, 6.45) is 0. The van der Waals surface area contributed by atoms with E-state index >= 15 is 0 Å². The van der Waals surface area contributed by atoms with E-state index in [0.29, 0.717) is 22.0 Å². The van der Waals surface area contributed by atoms with E-state index in [0.717, 1.165) is 17.0 Å². The van der Waals surface area contributed by atoms with E-state index in [1.165, 1.54) is 0 Å². The number of methoxy groups -OCH3 is 1. The lowest BCUT2D eigenvalue weighted by Gasteiger charge is -2.06. The summed E-state index contributed by atoms with van der Waals surface area (Å²) in [5.41, 5.74) is 2.41. The summed E-state index contributed by atoms with van der Waals surface area (Å²) in [6.45, 7) is 0.240. The highest BCUT2D eigenvalue weighted by Crippen LogP contribution is 2.34. The van der Waals surface area contributed by atoms with Crippen LogP contribution in [0.15, 0.2) is 30.3 Å². The highest BCUT2D eigenvalue weighted by molar-refractivity contribution is 7.71. The Hall–Kier alpha value is -2.54. The largest absolute Gasteiger partial charge is 0.481 e. The lowest BCUT2D eigenvalue weighted by atomic mass is 10.2. The third-order valence-corrected chi connectivity index (χ3v) is 3.61. The molecule has 21 heavy (non-hydrogen) atoms. The van der Waals surface area contributed by atoms with Gasteiger partial charge in [-0.05, 0) is 30.4 Å². The highest BCUT2D eigenvalue weighted by atomic mass is 32.1. The number of pyridine rings is 1. The first kappa shape index (κ1) is 12.2. The van der Waals surface area contributed by atoms with Crippen LogP contribution >= 0.6 is 12.2 Å². The number of aromatic amines is 1. The number of imidazole rings is 1. The normalized spacial score (nSPS) is 12.8. The Morgan fingerprint density at radius 2 is 2.10 bits per heavy atom. The summed E-state index contributed by atoms with van der Waals surface area (Å²) in [7, 11) is 1.58. The van der Waals surface area contributed by atoms with Gasteiger partial charge in [0.2, 0.25) is 12.7 Å². The molecule has 6 nitrogen and oxygen atoms in total. The Morgan fingerprint density at radius 1 is 1.24 bits per heavy atom. The fourth-order valence-electron chi connectivity index (χ4n) is 2.34. The van der Waals surface area contributed by atoms with Crippen molar-refractivity contribution in [1.29, 1.82) is 0 Å². The summed E-state index contributed by atoms with van der Waals surface area (Å²) in [5, 5.41) is 0. The number of hydrogen-bond acceptors (Lipinski definition) is 5. The molecular formula is C14H11N3O3S. The van der Waals surface area contributed by atoms with Crippen LogP contribution in [0, 0.1) is 4.77 Å². The SMILES string of the molecule is COc1ccc2[nH]c(=S)n(-c3ccc4c(c3)OCO4)c2n1. The summed E-state index contributed by atoms with van der Waals surface area (Å²) >= 11 is 5.40. The van der Waals surface area contributed by atoms with Crippen molar-refractivity contribution in [2.45, 2.75) is 0 Å². The lowest BCUT2D eigenvalue weighted by molar-refractivity contribution is 0.174. The van der Waals surface area contributed by atoms with Crippen molar-refractivity contribution in [1.82, 2.24) is 14.5 Å². The van der Waals surface area contributed by atoms with Gasteiger partial charge in [-0.25, -0.2) is 0 Å². The molecule has 0 spiro atoms. The average Bonchev–Trinajstić information content (AvgIpc) is 3.08. The lowest BCUT2D eigenvalue weighted by Crippen LogP contribution is -1.97. The van der Waals surface area contributed by atoms with E-state index < -0.39 is 0 Å². The third kappa shape index (κ3) is 1.85. The standard InChI is InChI=1S/C14H11N3O3S/c1-18-12-5-3-9-13(16-12)17(14(21)15-9)8-2-4-10-11(6-8)20-7-19-10/h2-6H,7H2,1H3,(H,15,21). The smallest absolute Gasteiger partial charge is 0.231 e. The van der Waals surface area contributed by atoms with Gasteiger partial charge in [-0.1, -0.05) is 0 Å². The molecule has 0 radical (unpaired) electrons. The topological polar surface area (TPSA) is 61.3 Å². The van der Waals surface area contributed by atoms with Gasteiger partial charge in [-0.15, -0.1) is 0 Å². The van der Waals surface area contributed by atoms with Crippen LogP contribution in [0.25, 0.3) is 16.9 Å². The molecule has 106 valence electrons. The van der Waals surface area contributed by atoms with Crippen molar-refractivity contribution in [2.24, 2.45) is 0 Å². The fourth-order valence-corrected chi connectivity index (χ4v) is 2.65. The van der Waals surface area contributed by atoms with Gasteiger partial charge >= 0.3 is 0 Å². The second-order valence-electron chi connectivity index (χ2n) is 4.53. The Bertz CT molecular complexity index is 900. The fraction of sp³-hybridized carbons (Fsp3) is 0.143. The van der Waals surface area contributed by atoms with E-state index in [9.17, 15) is 0 Å². The van der Waals surface area contributed by atoms with E-state index in [1.807, 2.05) is 28.8 Å². The maximum atomic E-state index is 5.41. The van der Waals surface area contributed by atoms with E-state index in [-0.39, 0.29) is 6.79 Å². The molecule has 7 heteroatoms. The minimum absolute atomic E-state index is 0.240. The molecule has 3 heterocycles. The number of benzene rings is 1. The molecule has 0 aliphatic carbocycles. The van der Waals surface area contributed by atoms with E-state index in [4.69, 9.17) is 26.4 Å². The molecule has 4 rings (SSSR count). The quantitative estimate of drug-likeness (QED) is 0.738. The molecule has 1 aliphatic heterocycles. The Labute approximate surface area is 124 Å². The molecular weight excluding hydrogens is 290 g/mol. The van der Waals surface area contributed by atoms with Crippen molar-refractivity contribution in [3.05, 3.63) is 35.1 Å². The predicted molar refractivity (Wildman–Crippen MR) is 78.9 cm³/mol. The van der Waals surface area contributed by atoms with Gasteiger partial charge in [0, 0.05) is 12.1 Å². The molecule has 0 amide bonds. The molecule has 0 saturated carbocycles. The molecule has 0 saturated heterocycles. The predicted octanol–water partition coefficient (Wildman–Crippen LogP) is 2.82. The van der Waals surface area contributed by atoms with Crippen molar-refractivity contribution >= 4 is 23.4 Å². The van der Waals surface area contributed by atoms with Gasteiger partial charge in [0.15, 0.2) is 21.9 Å². The summed E-state index contributed by atoms with van der Waals surface area (Å²) < 4.78 is 18.3. The molecule has 2 aromatic heterocycles. The number of H-pyrrole nitrogens is 1. The van der Waals surface area contributed by atoms with E-state index in [1.54, 1.807) is 13.2 Å². The average molecular weight is 301 g/mol. The van der Waals surface area contributed by atoms with Crippen molar-refractivity contribution < 1.29 is 14.2 Å². The number of nitrogens with zero attached hydrogens (tertiary/aromatic N) is 2. The van der Waals surface area contributed by atoms with Gasteiger partial charge in [-0.2, -0.15) is 4.98 Å². The maximum Gasteiger partial charge on any atom is 0.231 e. The first-order chi connectivity index (χ1) is 10.3. The van der Waals surface area contributed by atoms with Gasteiger partial charge in [0.25, 0.3) is 0 Å². The zero-order valence-corrected chi connectivity index (χ0v) is 11.9. The molecule has 0 fully saturated rings. The van der Waals surface area contributed by atoms with Crippen LogP contribution in [-0.2, 0) is 0 Å². The van der Waals surface area contributed by atoms with Crippen LogP contribution in [0.1, 0.15) is 0 Å². The van der Waals surface area contributed by atoms with Gasteiger partial charge in [0.05, 0.1) is 18.3 Å². The Kier molecular flexibility index (Phi) is 2.61. The second-order valence-corrected chi connectivity index (χ2v) is 4.91. The van der Waals surface area contributed by atoms with Crippen LogP contribution in [0.3, 0.4) is 0 Å². The number of aromatic nitrogens is 3. The first-order valence-electron chi connectivity index (χ1n) is 6.32. The summed E-state index contributed by atoms with van der Waals surface area (Å²) in [4.78, 5) is 7.59. The number of ether oxygens (including phenoxy) is 3. The van der Waals surface area contributed by atoms with Crippen molar-refractivity contribution in [3.8, 4) is 23.1 Å². The molecule has 0 unspecified atom stereocenters.